The van der Waals surface area contributed by atoms with Crippen LogP contribution in [0.3, 0.4) is 0 Å². The van der Waals surface area contributed by atoms with Crippen LogP contribution < -0.4 is 14.2 Å². The van der Waals surface area contributed by atoms with Crippen molar-refractivity contribution in [3.05, 3.63) is 53.6 Å². The Balaban J connectivity index is 2.27. The predicted molar refractivity (Wildman–Crippen MR) is 121 cm³/mol. The Morgan fingerprint density at radius 1 is 0.931 bits per heavy atom. The van der Waals surface area contributed by atoms with E-state index in [1.54, 1.807) is 23.9 Å². The summed E-state index contributed by atoms with van der Waals surface area (Å²) in [6.45, 7) is 9.49. The van der Waals surface area contributed by atoms with Crippen molar-refractivity contribution in [2.24, 2.45) is 0 Å². The summed E-state index contributed by atoms with van der Waals surface area (Å²) in [6.07, 6.45) is 4.45. The minimum Gasteiger partial charge on any atom is -0.494 e. The fraction of sp³-hybridized carbons (Fsp3) is 0.375. The SMILES string of the molecule is CCCSc1ccc(C(=O)C=Cc2cc(OCC)cc(OCC)c2OCC)cc1. The van der Waals surface area contributed by atoms with Gasteiger partial charge in [-0.1, -0.05) is 6.92 Å². The second-order valence-corrected chi connectivity index (χ2v) is 7.38. The molecule has 2 rings (SSSR count). The summed E-state index contributed by atoms with van der Waals surface area (Å²) >= 11 is 1.80. The van der Waals surface area contributed by atoms with Crippen LogP contribution in [0.25, 0.3) is 6.08 Å². The van der Waals surface area contributed by atoms with Gasteiger partial charge < -0.3 is 14.2 Å². The summed E-state index contributed by atoms with van der Waals surface area (Å²) in [7, 11) is 0. The van der Waals surface area contributed by atoms with Crippen LogP contribution in [0.4, 0.5) is 0 Å². The Morgan fingerprint density at radius 3 is 2.24 bits per heavy atom. The number of thioether (sulfide) groups is 1. The van der Waals surface area contributed by atoms with Crippen molar-refractivity contribution in [3.63, 3.8) is 0 Å². The molecule has 0 amide bonds. The number of carbonyl (C=O) groups excluding carboxylic acids is 1. The zero-order valence-corrected chi connectivity index (χ0v) is 18.5. The van der Waals surface area contributed by atoms with Crippen molar-refractivity contribution in [2.45, 2.75) is 39.0 Å². The molecule has 0 saturated heterocycles. The van der Waals surface area contributed by atoms with Crippen molar-refractivity contribution in [3.8, 4) is 17.2 Å². The summed E-state index contributed by atoms with van der Waals surface area (Å²) in [4.78, 5) is 13.8. The van der Waals surface area contributed by atoms with Crippen LogP contribution >= 0.6 is 11.8 Å². The summed E-state index contributed by atoms with van der Waals surface area (Å²) in [5.74, 6) is 2.94. The minimum atomic E-state index is -0.0562. The van der Waals surface area contributed by atoms with E-state index in [9.17, 15) is 4.79 Å². The van der Waals surface area contributed by atoms with Crippen LogP contribution in [-0.2, 0) is 0 Å². The number of ether oxygens (including phenoxy) is 3. The molecular weight excluding hydrogens is 384 g/mol. The minimum absolute atomic E-state index is 0.0562. The predicted octanol–water partition coefficient (Wildman–Crippen LogP) is 6.28. The van der Waals surface area contributed by atoms with E-state index < -0.39 is 0 Å². The van der Waals surface area contributed by atoms with Gasteiger partial charge in [-0.2, -0.15) is 0 Å². The third-order valence-corrected chi connectivity index (χ3v) is 5.20. The van der Waals surface area contributed by atoms with E-state index in [0.717, 1.165) is 17.7 Å². The number of rotatable bonds is 12. The van der Waals surface area contributed by atoms with Gasteiger partial charge in [0.1, 0.15) is 5.75 Å². The van der Waals surface area contributed by atoms with E-state index in [4.69, 9.17) is 14.2 Å². The number of hydrogen-bond donors (Lipinski definition) is 0. The highest BCUT2D eigenvalue weighted by Gasteiger charge is 2.13. The van der Waals surface area contributed by atoms with Gasteiger partial charge in [-0.3, -0.25) is 4.79 Å². The molecule has 0 aliphatic carbocycles. The molecule has 0 fully saturated rings. The largest absolute Gasteiger partial charge is 0.494 e. The van der Waals surface area contributed by atoms with Crippen molar-refractivity contribution in [1.82, 2.24) is 0 Å². The Hall–Kier alpha value is -2.40. The zero-order valence-electron chi connectivity index (χ0n) is 17.7. The second-order valence-electron chi connectivity index (χ2n) is 6.21. The third-order valence-electron chi connectivity index (χ3n) is 3.98. The van der Waals surface area contributed by atoms with Gasteiger partial charge in [0.25, 0.3) is 0 Å². The van der Waals surface area contributed by atoms with Gasteiger partial charge in [0, 0.05) is 22.1 Å². The van der Waals surface area contributed by atoms with Crippen LogP contribution in [0.1, 0.15) is 50.0 Å². The lowest BCUT2D eigenvalue weighted by Gasteiger charge is -2.15. The molecule has 5 heteroatoms. The quantitative estimate of drug-likeness (QED) is 0.232. The summed E-state index contributed by atoms with van der Waals surface area (Å²) in [5, 5.41) is 0. The van der Waals surface area contributed by atoms with Gasteiger partial charge in [0.15, 0.2) is 17.3 Å². The van der Waals surface area contributed by atoms with Crippen molar-refractivity contribution < 1.29 is 19.0 Å². The van der Waals surface area contributed by atoms with Gasteiger partial charge in [0.2, 0.25) is 0 Å². The molecule has 0 aromatic heterocycles. The summed E-state index contributed by atoms with van der Waals surface area (Å²) in [5.41, 5.74) is 1.41. The van der Waals surface area contributed by atoms with Crippen LogP contribution in [0.2, 0.25) is 0 Å². The van der Waals surface area contributed by atoms with Crippen molar-refractivity contribution in [1.29, 1.82) is 0 Å². The molecule has 0 aliphatic rings. The molecule has 0 saturated carbocycles. The maximum atomic E-state index is 12.6. The number of hydrogen-bond acceptors (Lipinski definition) is 5. The Kier molecular flexibility index (Phi) is 9.65. The molecule has 0 spiro atoms. The maximum Gasteiger partial charge on any atom is 0.185 e. The molecule has 0 bridgehead atoms. The van der Waals surface area contributed by atoms with Crippen molar-refractivity contribution >= 4 is 23.6 Å². The highest BCUT2D eigenvalue weighted by atomic mass is 32.2. The molecule has 0 N–H and O–H groups in total. The van der Waals surface area contributed by atoms with Gasteiger partial charge in [0.05, 0.1) is 19.8 Å². The normalized spacial score (nSPS) is 10.9. The smallest absolute Gasteiger partial charge is 0.185 e. The average molecular weight is 415 g/mol. The van der Waals surface area contributed by atoms with Gasteiger partial charge in [-0.05, 0) is 75.4 Å². The van der Waals surface area contributed by atoms with Crippen LogP contribution in [0, 0.1) is 0 Å². The van der Waals surface area contributed by atoms with Gasteiger partial charge >= 0.3 is 0 Å². The number of carbonyl (C=O) groups is 1. The fourth-order valence-corrected chi connectivity index (χ4v) is 3.50. The van der Waals surface area contributed by atoms with E-state index in [1.807, 2.05) is 57.2 Å². The lowest BCUT2D eigenvalue weighted by molar-refractivity contribution is 0.104. The first-order valence-electron chi connectivity index (χ1n) is 10.1. The highest BCUT2D eigenvalue weighted by Crippen LogP contribution is 2.37. The molecule has 2 aromatic rings. The summed E-state index contributed by atoms with van der Waals surface area (Å²) in [6, 6.07) is 11.4. The molecule has 0 atom stereocenters. The Morgan fingerprint density at radius 2 is 1.62 bits per heavy atom. The zero-order chi connectivity index (χ0) is 21.1. The first kappa shape index (κ1) is 22.9. The molecule has 156 valence electrons. The molecular formula is C24H30O4S. The maximum absolute atomic E-state index is 12.6. The first-order chi connectivity index (χ1) is 14.1. The monoisotopic (exact) mass is 414 g/mol. The third kappa shape index (κ3) is 6.86. The van der Waals surface area contributed by atoms with Crippen LogP contribution in [0.5, 0.6) is 17.2 Å². The Bertz CT molecular complexity index is 812. The van der Waals surface area contributed by atoms with E-state index in [2.05, 4.69) is 6.92 Å². The van der Waals surface area contributed by atoms with Crippen molar-refractivity contribution in [2.75, 3.05) is 25.6 Å². The topological polar surface area (TPSA) is 44.8 Å². The lowest BCUT2D eigenvalue weighted by atomic mass is 10.1. The molecule has 4 nitrogen and oxygen atoms in total. The fourth-order valence-electron chi connectivity index (χ4n) is 2.73. The molecule has 29 heavy (non-hydrogen) atoms. The number of benzene rings is 2. The van der Waals surface area contributed by atoms with E-state index in [0.29, 0.717) is 42.6 Å². The molecule has 0 aliphatic heterocycles. The van der Waals surface area contributed by atoms with Gasteiger partial charge in [-0.25, -0.2) is 0 Å². The molecule has 0 unspecified atom stereocenters. The van der Waals surface area contributed by atoms with E-state index >= 15 is 0 Å². The van der Waals surface area contributed by atoms with Gasteiger partial charge in [-0.15, -0.1) is 11.8 Å². The standard InChI is InChI=1S/C24H30O4S/c1-5-15-29-21-12-9-18(10-13-21)22(25)14-11-19-16-20(26-6-2)17-23(27-7-3)24(19)28-8-4/h9-14,16-17H,5-8,15H2,1-4H3. The Labute approximate surface area is 178 Å². The van der Waals surface area contributed by atoms with E-state index in [-0.39, 0.29) is 5.78 Å². The number of ketones is 1. The van der Waals surface area contributed by atoms with E-state index in [1.165, 1.54) is 4.90 Å². The molecule has 0 heterocycles. The highest BCUT2D eigenvalue weighted by molar-refractivity contribution is 7.99. The van der Waals surface area contributed by atoms with Crippen LogP contribution in [0.15, 0.2) is 47.4 Å². The molecule has 2 aromatic carbocycles. The van der Waals surface area contributed by atoms with Crippen LogP contribution in [-0.4, -0.2) is 31.4 Å². The summed E-state index contributed by atoms with van der Waals surface area (Å²) < 4.78 is 17.2. The molecule has 0 radical (unpaired) electrons. The average Bonchev–Trinajstić information content (AvgIpc) is 2.73. The number of allylic oxidation sites excluding steroid dienone is 1. The second kappa shape index (κ2) is 12.2. The lowest BCUT2D eigenvalue weighted by Crippen LogP contribution is -2.02. The first-order valence-corrected chi connectivity index (χ1v) is 11.1.